The molecule has 0 radical (unpaired) electrons. The van der Waals surface area contributed by atoms with Gasteiger partial charge in [-0.1, -0.05) is 0 Å². The molecule has 0 saturated carbocycles. The molecule has 42 valence electrons. The number of rotatable bonds is 3. The van der Waals surface area contributed by atoms with Crippen LogP contribution in [0.25, 0.3) is 0 Å². The van der Waals surface area contributed by atoms with Crippen molar-refractivity contribution in [2.45, 2.75) is 0 Å². The number of carboxylic acid groups (broad SMARTS) is 1. The molecule has 0 aliphatic rings. The van der Waals surface area contributed by atoms with Gasteiger partial charge in [0.1, 0.15) is 0 Å². The molecule has 0 saturated heterocycles. The van der Waals surface area contributed by atoms with Gasteiger partial charge in [0.2, 0.25) is 0 Å². The Bertz CT molecular complexity index is 62.7. The van der Waals surface area contributed by atoms with Crippen molar-refractivity contribution in [3.63, 3.8) is 0 Å². The van der Waals surface area contributed by atoms with Crippen LogP contribution in [0.3, 0.4) is 0 Å². The van der Waals surface area contributed by atoms with Crippen molar-refractivity contribution in [3.8, 4) is 0 Å². The Hall–Kier alpha value is -0.260. The summed E-state index contributed by atoms with van der Waals surface area (Å²) >= 11 is 0.0491. The minimum Gasteiger partial charge on any atom is -0.479 e. The number of carboxylic acids is 1. The summed E-state index contributed by atoms with van der Waals surface area (Å²) in [5.41, 5.74) is 0. The van der Waals surface area contributed by atoms with Crippen LogP contribution in [0.1, 0.15) is 0 Å². The SMILES string of the molecule is O=C(O)COSO. The number of aliphatic carboxylic acids is 1. The van der Waals surface area contributed by atoms with Crippen LogP contribution in [0.4, 0.5) is 0 Å². The molecule has 0 heterocycles. The van der Waals surface area contributed by atoms with E-state index < -0.39 is 12.6 Å². The molecule has 0 bridgehead atoms. The lowest BCUT2D eigenvalue weighted by Crippen LogP contribution is -2.01. The summed E-state index contributed by atoms with van der Waals surface area (Å²) < 4.78 is 11.7. The second-order valence-corrected chi connectivity index (χ2v) is 1.12. The third-order valence-corrected chi connectivity index (χ3v) is 0.458. The Labute approximate surface area is 44.5 Å². The molecule has 0 unspecified atom stereocenters. The third-order valence-electron chi connectivity index (χ3n) is 0.235. The van der Waals surface area contributed by atoms with Gasteiger partial charge in [0.15, 0.2) is 18.9 Å². The van der Waals surface area contributed by atoms with Gasteiger partial charge in [-0.3, -0.25) is 4.18 Å². The lowest BCUT2D eigenvalue weighted by atomic mass is 10.8. The quantitative estimate of drug-likeness (QED) is 0.526. The standard InChI is InChI=1S/C2H4O4S/c3-2(4)1-6-7-5/h5H,1H2,(H,3,4). The van der Waals surface area contributed by atoms with Crippen LogP contribution in [-0.4, -0.2) is 22.2 Å². The molecule has 7 heavy (non-hydrogen) atoms. The second-order valence-electron chi connectivity index (χ2n) is 0.730. The lowest BCUT2D eigenvalue weighted by Gasteiger charge is -1.86. The topological polar surface area (TPSA) is 66.8 Å². The predicted molar refractivity (Wildman–Crippen MR) is 23.8 cm³/mol. The van der Waals surface area contributed by atoms with Crippen LogP contribution in [0, 0.1) is 0 Å². The molecule has 0 aromatic rings. The molecule has 0 rings (SSSR count). The van der Waals surface area contributed by atoms with Crippen molar-refractivity contribution < 1.29 is 18.6 Å². The summed E-state index contributed by atoms with van der Waals surface area (Å²) in [5.74, 6) is -1.10. The lowest BCUT2D eigenvalue weighted by molar-refractivity contribution is -0.139. The molecule has 0 aliphatic carbocycles. The Morgan fingerprint density at radius 3 is 2.57 bits per heavy atom. The van der Waals surface area contributed by atoms with Gasteiger partial charge in [0.25, 0.3) is 0 Å². The van der Waals surface area contributed by atoms with Crippen molar-refractivity contribution in [1.29, 1.82) is 0 Å². The van der Waals surface area contributed by atoms with Crippen LogP contribution in [-0.2, 0) is 8.98 Å². The summed E-state index contributed by atoms with van der Waals surface area (Å²) in [6, 6.07) is 0. The predicted octanol–water partition coefficient (Wildman–Crippen LogP) is 0.209. The third kappa shape index (κ3) is 5.74. The molecule has 0 fully saturated rings. The Kier molecular flexibility index (Phi) is 3.77. The average Bonchev–Trinajstić information content (AvgIpc) is 1.61. The first kappa shape index (κ1) is 6.74. The zero-order valence-corrected chi connectivity index (χ0v) is 4.14. The number of carbonyl (C=O) groups is 1. The van der Waals surface area contributed by atoms with Crippen LogP contribution in [0.5, 0.6) is 0 Å². The van der Waals surface area contributed by atoms with Gasteiger partial charge in [-0.05, 0) is 0 Å². The second kappa shape index (κ2) is 3.91. The van der Waals surface area contributed by atoms with E-state index in [0.29, 0.717) is 0 Å². The fraction of sp³-hybridized carbons (Fsp3) is 0.500. The molecule has 0 atom stereocenters. The molecule has 0 aromatic heterocycles. The highest BCUT2D eigenvalue weighted by Crippen LogP contribution is 1.90. The smallest absolute Gasteiger partial charge is 0.331 e. The van der Waals surface area contributed by atoms with E-state index in [-0.39, 0.29) is 12.3 Å². The van der Waals surface area contributed by atoms with E-state index in [4.69, 9.17) is 9.66 Å². The Balaban J connectivity index is 2.82. The molecule has 5 heteroatoms. The number of hydrogen-bond acceptors (Lipinski definition) is 4. The molecule has 2 N–H and O–H groups in total. The first-order valence-corrected chi connectivity index (χ1v) is 2.12. The maximum absolute atomic E-state index is 9.51. The Morgan fingerprint density at radius 2 is 2.43 bits per heavy atom. The fourth-order valence-corrected chi connectivity index (χ4v) is 0.230. The summed E-state index contributed by atoms with van der Waals surface area (Å²) in [7, 11) is 0. The van der Waals surface area contributed by atoms with Crippen LogP contribution < -0.4 is 0 Å². The van der Waals surface area contributed by atoms with E-state index in [1.165, 1.54) is 0 Å². The van der Waals surface area contributed by atoms with Gasteiger partial charge < -0.3 is 9.66 Å². The maximum Gasteiger partial charge on any atom is 0.331 e. The van der Waals surface area contributed by atoms with Gasteiger partial charge in [-0.15, -0.1) is 0 Å². The zero-order chi connectivity index (χ0) is 5.70. The summed E-state index contributed by atoms with van der Waals surface area (Å²) in [6.07, 6.45) is 0. The van der Waals surface area contributed by atoms with Gasteiger partial charge in [-0.25, -0.2) is 4.79 Å². The van der Waals surface area contributed by atoms with E-state index in [2.05, 4.69) is 4.18 Å². The van der Waals surface area contributed by atoms with Crippen molar-refractivity contribution in [1.82, 2.24) is 0 Å². The zero-order valence-electron chi connectivity index (χ0n) is 3.33. The highest BCUT2D eigenvalue weighted by Gasteiger charge is 1.92. The maximum atomic E-state index is 9.51. The average molecular weight is 124 g/mol. The fourth-order valence-electron chi connectivity index (χ4n) is 0.0768. The minimum absolute atomic E-state index is 0.0491. The molecule has 0 aliphatic heterocycles. The molecule has 0 aromatic carbocycles. The highest BCUT2D eigenvalue weighted by atomic mass is 32.2. The van der Waals surface area contributed by atoms with E-state index in [0.717, 1.165) is 0 Å². The molecule has 4 nitrogen and oxygen atoms in total. The van der Waals surface area contributed by atoms with Gasteiger partial charge in [0, 0.05) is 0 Å². The molecule has 0 spiro atoms. The largest absolute Gasteiger partial charge is 0.479 e. The highest BCUT2D eigenvalue weighted by molar-refractivity contribution is 7.88. The van der Waals surface area contributed by atoms with Gasteiger partial charge >= 0.3 is 5.97 Å². The van der Waals surface area contributed by atoms with E-state index in [1.54, 1.807) is 0 Å². The normalized spacial score (nSPS) is 8.71. The van der Waals surface area contributed by atoms with E-state index in [9.17, 15) is 4.79 Å². The first-order chi connectivity index (χ1) is 3.27. The van der Waals surface area contributed by atoms with Crippen molar-refractivity contribution in [2.75, 3.05) is 6.61 Å². The van der Waals surface area contributed by atoms with Crippen LogP contribution >= 0.6 is 12.3 Å². The van der Waals surface area contributed by atoms with Crippen LogP contribution in [0.15, 0.2) is 0 Å². The summed E-state index contributed by atoms with van der Waals surface area (Å²) in [5, 5.41) is 7.80. The molecule has 0 amide bonds. The van der Waals surface area contributed by atoms with E-state index in [1.807, 2.05) is 0 Å². The Morgan fingerprint density at radius 1 is 1.86 bits per heavy atom. The number of hydrogen-bond donors (Lipinski definition) is 2. The minimum atomic E-state index is -1.10. The van der Waals surface area contributed by atoms with Crippen molar-refractivity contribution >= 4 is 18.3 Å². The first-order valence-electron chi connectivity index (χ1n) is 1.42. The van der Waals surface area contributed by atoms with Crippen LogP contribution in [0.2, 0.25) is 0 Å². The monoisotopic (exact) mass is 124 g/mol. The van der Waals surface area contributed by atoms with Gasteiger partial charge in [0.05, 0.1) is 0 Å². The van der Waals surface area contributed by atoms with E-state index >= 15 is 0 Å². The molecular formula is C2H4O4S. The van der Waals surface area contributed by atoms with Gasteiger partial charge in [-0.2, -0.15) is 0 Å². The molecular weight excluding hydrogens is 120 g/mol. The summed E-state index contributed by atoms with van der Waals surface area (Å²) in [6.45, 7) is -0.471. The van der Waals surface area contributed by atoms with Crippen molar-refractivity contribution in [3.05, 3.63) is 0 Å². The van der Waals surface area contributed by atoms with Crippen molar-refractivity contribution in [2.24, 2.45) is 0 Å². The summed E-state index contributed by atoms with van der Waals surface area (Å²) in [4.78, 5) is 9.51.